The van der Waals surface area contributed by atoms with Gasteiger partial charge in [-0.1, -0.05) is 37.5 Å². The van der Waals surface area contributed by atoms with Gasteiger partial charge in [0.25, 0.3) is 0 Å². The number of hydrogen-bond donors (Lipinski definition) is 0. The molecule has 1 aliphatic carbocycles. The van der Waals surface area contributed by atoms with E-state index in [1.165, 1.54) is 43.4 Å². The summed E-state index contributed by atoms with van der Waals surface area (Å²) >= 11 is 0. The van der Waals surface area contributed by atoms with Crippen LogP contribution in [0.1, 0.15) is 44.1 Å². The fraction of sp³-hybridized carbons (Fsp3) is 0.500. The van der Waals surface area contributed by atoms with Crippen LogP contribution in [-0.4, -0.2) is 6.21 Å². The molecule has 1 aliphatic heterocycles. The third-order valence-corrected chi connectivity index (χ3v) is 4.00. The number of aliphatic imine (C=N–C) groups is 1. The Bertz CT molecular complexity index is 386. The fourth-order valence-corrected chi connectivity index (χ4v) is 3.17. The summed E-state index contributed by atoms with van der Waals surface area (Å²) in [4.78, 5) is 4.52. The molecule has 0 aromatic heterocycles. The minimum Gasteiger partial charge on any atom is -0.261 e. The van der Waals surface area contributed by atoms with E-state index in [2.05, 4.69) is 35.5 Å². The van der Waals surface area contributed by atoms with E-state index in [9.17, 15) is 0 Å². The molecule has 1 saturated carbocycles. The SMILES string of the molecule is C1=Nc2ccccc2C2(C1)CCCCC2. The van der Waals surface area contributed by atoms with Crippen LogP contribution in [0.2, 0.25) is 0 Å². The zero-order valence-corrected chi connectivity index (χ0v) is 9.08. The van der Waals surface area contributed by atoms with Gasteiger partial charge in [0.15, 0.2) is 0 Å². The van der Waals surface area contributed by atoms with E-state index in [4.69, 9.17) is 0 Å². The quantitative estimate of drug-likeness (QED) is 0.599. The number of para-hydroxylation sites is 1. The third kappa shape index (κ3) is 1.41. The molecule has 1 nitrogen and oxygen atoms in total. The zero-order chi connectivity index (χ0) is 10.1. The second kappa shape index (κ2) is 3.48. The second-order valence-corrected chi connectivity index (χ2v) is 4.87. The van der Waals surface area contributed by atoms with Crippen LogP contribution in [0, 0.1) is 0 Å². The second-order valence-electron chi connectivity index (χ2n) is 4.87. The summed E-state index contributed by atoms with van der Waals surface area (Å²) in [7, 11) is 0. The molecule has 0 saturated heterocycles. The van der Waals surface area contributed by atoms with Gasteiger partial charge in [0, 0.05) is 11.6 Å². The Labute approximate surface area is 91.2 Å². The lowest BCUT2D eigenvalue weighted by molar-refractivity contribution is 0.302. The monoisotopic (exact) mass is 199 g/mol. The third-order valence-electron chi connectivity index (χ3n) is 4.00. The zero-order valence-electron chi connectivity index (χ0n) is 9.08. The average molecular weight is 199 g/mol. The Hall–Kier alpha value is -1.11. The molecule has 0 bridgehead atoms. The summed E-state index contributed by atoms with van der Waals surface area (Å²) < 4.78 is 0. The van der Waals surface area contributed by atoms with Gasteiger partial charge in [-0.15, -0.1) is 0 Å². The van der Waals surface area contributed by atoms with Crippen LogP contribution in [0.5, 0.6) is 0 Å². The topological polar surface area (TPSA) is 12.4 Å². The number of hydrogen-bond acceptors (Lipinski definition) is 1. The summed E-state index contributed by atoms with van der Waals surface area (Å²) in [5.74, 6) is 0. The highest BCUT2D eigenvalue weighted by Crippen LogP contribution is 2.47. The molecule has 1 spiro atoms. The van der Waals surface area contributed by atoms with Gasteiger partial charge in [-0.3, -0.25) is 4.99 Å². The Kier molecular flexibility index (Phi) is 2.12. The van der Waals surface area contributed by atoms with Gasteiger partial charge in [0.2, 0.25) is 0 Å². The largest absolute Gasteiger partial charge is 0.261 e. The van der Waals surface area contributed by atoms with Crippen molar-refractivity contribution in [1.82, 2.24) is 0 Å². The van der Waals surface area contributed by atoms with Crippen molar-refractivity contribution in [3.05, 3.63) is 29.8 Å². The molecule has 0 atom stereocenters. The first kappa shape index (κ1) is 9.14. The van der Waals surface area contributed by atoms with Crippen LogP contribution in [-0.2, 0) is 5.41 Å². The van der Waals surface area contributed by atoms with Crippen molar-refractivity contribution in [3.63, 3.8) is 0 Å². The molecule has 1 aromatic carbocycles. The Morgan fingerprint density at radius 2 is 1.80 bits per heavy atom. The van der Waals surface area contributed by atoms with Gasteiger partial charge >= 0.3 is 0 Å². The van der Waals surface area contributed by atoms with Crippen molar-refractivity contribution >= 4 is 11.9 Å². The van der Waals surface area contributed by atoms with E-state index >= 15 is 0 Å². The Balaban J connectivity index is 2.08. The van der Waals surface area contributed by atoms with Crippen molar-refractivity contribution in [2.45, 2.75) is 43.9 Å². The van der Waals surface area contributed by atoms with E-state index in [0.717, 1.165) is 6.42 Å². The van der Waals surface area contributed by atoms with Gasteiger partial charge in [0.1, 0.15) is 0 Å². The number of nitrogens with zero attached hydrogens (tertiary/aromatic N) is 1. The molecule has 1 aromatic rings. The molecule has 1 heteroatoms. The molecule has 0 radical (unpaired) electrons. The summed E-state index contributed by atoms with van der Waals surface area (Å²) in [5.41, 5.74) is 3.16. The average Bonchev–Trinajstić information content (AvgIpc) is 2.31. The van der Waals surface area contributed by atoms with Crippen LogP contribution in [0.25, 0.3) is 0 Å². The van der Waals surface area contributed by atoms with Crippen molar-refractivity contribution in [2.24, 2.45) is 4.99 Å². The highest BCUT2D eigenvalue weighted by molar-refractivity contribution is 5.72. The number of rotatable bonds is 0. The highest BCUT2D eigenvalue weighted by Gasteiger charge is 2.36. The van der Waals surface area contributed by atoms with Gasteiger partial charge in [0.05, 0.1) is 5.69 Å². The molecule has 0 unspecified atom stereocenters. The summed E-state index contributed by atoms with van der Waals surface area (Å²) in [5, 5.41) is 0. The normalized spacial score (nSPS) is 22.7. The predicted molar refractivity (Wildman–Crippen MR) is 64.0 cm³/mol. The van der Waals surface area contributed by atoms with E-state index < -0.39 is 0 Å². The first-order chi connectivity index (χ1) is 7.41. The highest BCUT2D eigenvalue weighted by atomic mass is 14.8. The maximum atomic E-state index is 4.52. The lowest BCUT2D eigenvalue weighted by atomic mass is 9.66. The predicted octanol–water partition coefficient (Wildman–Crippen LogP) is 3.99. The van der Waals surface area contributed by atoms with Crippen LogP contribution >= 0.6 is 0 Å². The molecule has 0 amide bonds. The Morgan fingerprint density at radius 3 is 2.67 bits per heavy atom. The summed E-state index contributed by atoms with van der Waals surface area (Å²) in [6.07, 6.45) is 10.2. The van der Waals surface area contributed by atoms with E-state index in [1.807, 2.05) is 0 Å². The molecule has 2 aliphatic rings. The molecule has 1 heterocycles. The lowest BCUT2D eigenvalue weighted by Crippen LogP contribution is -2.31. The van der Waals surface area contributed by atoms with Crippen molar-refractivity contribution in [2.75, 3.05) is 0 Å². The Morgan fingerprint density at radius 1 is 1.00 bits per heavy atom. The van der Waals surface area contributed by atoms with Crippen LogP contribution in [0.3, 0.4) is 0 Å². The molecule has 1 fully saturated rings. The number of fused-ring (bicyclic) bond motifs is 2. The standard InChI is InChI=1S/C14H17N/c1-4-8-14(9-5-1)10-11-15-13-7-3-2-6-12(13)14/h2-3,6-7,11H,1,4-5,8-10H2. The molecule has 15 heavy (non-hydrogen) atoms. The molecule has 78 valence electrons. The first-order valence-corrected chi connectivity index (χ1v) is 6.03. The fourth-order valence-electron chi connectivity index (χ4n) is 3.17. The van der Waals surface area contributed by atoms with Crippen molar-refractivity contribution in [3.8, 4) is 0 Å². The van der Waals surface area contributed by atoms with Crippen LogP contribution in [0.15, 0.2) is 29.3 Å². The first-order valence-electron chi connectivity index (χ1n) is 6.03. The van der Waals surface area contributed by atoms with Gasteiger partial charge in [-0.25, -0.2) is 0 Å². The maximum absolute atomic E-state index is 4.52. The van der Waals surface area contributed by atoms with Crippen LogP contribution in [0.4, 0.5) is 5.69 Å². The molecular formula is C14H17N. The minimum atomic E-state index is 0.441. The summed E-state index contributed by atoms with van der Waals surface area (Å²) in [6, 6.07) is 8.70. The van der Waals surface area contributed by atoms with Crippen molar-refractivity contribution in [1.29, 1.82) is 0 Å². The maximum Gasteiger partial charge on any atom is 0.0663 e. The van der Waals surface area contributed by atoms with Crippen molar-refractivity contribution < 1.29 is 0 Å². The minimum absolute atomic E-state index is 0.441. The van der Waals surface area contributed by atoms with Gasteiger partial charge in [-0.05, 0) is 30.9 Å². The molecular weight excluding hydrogens is 182 g/mol. The molecule has 0 N–H and O–H groups in total. The van der Waals surface area contributed by atoms with E-state index in [-0.39, 0.29) is 0 Å². The number of benzene rings is 1. The molecule has 3 rings (SSSR count). The van der Waals surface area contributed by atoms with Crippen LogP contribution < -0.4 is 0 Å². The van der Waals surface area contributed by atoms with E-state index in [0.29, 0.717) is 5.41 Å². The van der Waals surface area contributed by atoms with Gasteiger partial charge < -0.3 is 0 Å². The smallest absolute Gasteiger partial charge is 0.0663 e. The lowest BCUT2D eigenvalue weighted by Gasteiger charge is -2.39. The van der Waals surface area contributed by atoms with Gasteiger partial charge in [-0.2, -0.15) is 0 Å². The van der Waals surface area contributed by atoms with E-state index in [1.54, 1.807) is 0 Å². The summed E-state index contributed by atoms with van der Waals surface area (Å²) in [6.45, 7) is 0.